The molecule has 116 valence electrons. The molecular formula is C17H27N3O. The molecule has 0 amide bonds. The second-order valence-electron chi connectivity index (χ2n) is 6.36. The molecule has 0 radical (unpaired) electrons. The van der Waals surface area contributed by atoms with Gasteiger partial charge in [-0.05, 0) is 56.0 Å². The van der Waals surface area contributed by atoms with Gasteiger partial charge >= 0.3 is 0 Å². The minimum atomic E-state index is 0.755. The second kappa shape index (κ2) is 6.77. The summed E-state index contributed by atoms with van der Waals surface area (Å²) in [7, 11) is 3.89. The number of likely N-dealkylation sites (N-methyl/N-ethyl adjacent to an activating group) is 1. The van der Waals surface area contributed by atoms with Gasteiger partial charge in [0.05, 0.1) is 12.8 Å². The van der Waals surface area contributed by atoms with Crippen molar-refractivity contribution in [3.05, 3.63) is 29.3 Å². The zero-order chi connectivity index (χ0) is 14.7. The van der Waals surface area contributed by atoms with Crippen molar-refractivity contribution < 1.29 is 4.84 Å². The van der Waals surface area contributed by atoms with Gasteiger partial charge in [0.15, 0.2) is 0 Å². The Kier molecular flexibility index (Phi) is 4.78. The Bertz CT molecular complexity index is 469. The molecule has 1 aliphatic heterocycles. The number of anilines is 1. The third kappa shape index (κ3) is 3.57. The molecule has 0 spiro atoms. The zero-order valence-electron chi connectivity index (χ0n) is 13.3. The molecule has 1 aromatic rings. The van der Waals surface area contributed by atoms with E-state index in [1.807, 2.05) is 0 Å². The Morgan fingerprint density at radius 3 is 2.48 bits per heavy atom. The van der Waals surface area contributed by atoms with Gasteiger partial charge in [0.2, 0.25) is 0 Å². The maximum absolute atomic E-state index is 5.01. The van der Waals surface area contributed by atoms with Crippen molar-refractivity contribution >= 4 is 5.69 Å². The summed E-state index contributed by atoms with van der Waals surface area (Å²) in [5.74, 6) is 0. The van der Waals surface area contributed by atoms with Gasteiger partial charge in [-0.1, -0.05) is 6.07 Å². The first-order valence-electron chi connectivity index (χ1n) is 8.09. The van der Waals surface area contributed by atoms with Crippen LogP contribution in [0.3, 0.4) is 0 Å². The fraction of sp³-hybridized carbons (Fsp3) is 0.647. The van der Waals surface area contributed by atoms with E-state index in [0.717, 1.165) is 11.7 Å². The molecule has 1 aromatic carbocycles. The Labute approximate surface area is 128 Å². The van der Waals surface area contributed by atoms with Crippen molar-refractivity contribution in [3.63, 3.8) is 0 Å². The average Bonchev–Trinajstić information content (AvgIpc) is 2.71. The van der Waals surface area contributed by atoms with Crippen LogP contribution in [0.5, 0.6) is 0 Å². The van der Waals surface area contributed by atoms with Crippen molar-refractivity contribution in [1.29, 1.82) is 0 Å². The number of nitrogens with one attached hydrogen (secondary N) is 1. The van der Waals surface area contributed by atoms with Gasteiger partial charge in [-0.15, -0.1) is 0 Å². The Morgan fingerprint density at radius 1 is 1.05 bits per heavy atom. The van der Waals surface area contributed by atoms with E-state index < -0.39 is 0 Å². The number of hydrogen-bond donors (Lipinski definition) is 1. The summed E-state index contributed by atoms with van der Waals surface area (Å²) in [5, 5.41) is 0. The van der Waals surface area contributed by atoms with Crippen LogP contribution in [0.15, 0.2) is 18.2 Å². The van der Waals surface area contributed by atoms with Crippen LogP contribution in [0.2, 0.25) is 0 Å². The van der Waals surface area contributed by atoms with Gasteiger partial charge in [-0.3, -0.25) is 15.2 Å². The van der Waals surface area contributed by atoms with Gasteiger partial charge in [-0.25, -0.2) is 0 Å². The van der Waals surface area contributed by atoms with E-state index in [2.05, 4.69) is 40.5 Å². The Hall–Kier alpha value is -1.10. The van der Waals surface area contributed by atoms with E-state index >= 15 is 0 Å². The maximum Gasteiger partial charge on any atom is 0.0636 e. The fourth-order valence-electron chi connectivity index (χ4n) is 3.62. The predicted octanol–water partition coefficient (Wildman–Crippen LogP) is 2.15. The van der Waals surface area contributed by atoms with Crippen LogP contribution in [0.25, 0.3) is 0 Å². The van der Waals surface area contributed by atoms with Crippen molar-refractivity contribution in [2.75, 3.05) is 45.8 Å². The highest BCUT2D eigenvalue weighted by molar-refractivity contribution is 5.47. The molecule has 2 aliphatic rings. The van der Waals surface area contributed by atoms with Gasteiger partial charge < -0.3 is 4.90 Å². The van der Waals surface area contributed by atoms with E-state index in [-0.39, 0.29) is 0 Å². The molecule has 1 unspecified atom stereocenters. The highest BCUT2D eigenvalue weighted by Crippen LogP contribution is 2.26. The fourth-order valence-corrected chi connectivity index (χ4v) is 3.62. The van der Waals surface area contributed by atoms with E-state index in [1.165, 1.54) is 63.0 Å². The van der Waals surface area contributed by atoms with Crippen molar-refractivity contribution in [2.45, 2.75) is 31.7 Å². The van der Waals surface area contributed by atoms with Crippen molar-refractivity contribution in [1.82, 2.24) is 9.80 Å². The van der Waals surface area contributed by atoms with Gasteiger partial charge in [0.1, 0.15) is 0 Å². The van der Waals surface area contributed by atoms with E-state index in [1.54, 1.807) is 7.11 Å². The summed E-state index contributed by atoms with van der Waals surface area (Å²) in [4.78, 5) is 10.2. The summed E-state index contributed by atoms with van der Waals surface area (Å²) in [6.07, 6.45) is 4.98. The molecule has 4 nitrogen and oxygen atoms in total. The summed E-state index contributed by atoms with van der Waals surface area (Å²) in [5.41, 5.74) is 7.02. The minimum Gasteiger partial charge on any atom is -0.304 e. The van der Waals surface area contributed by atoms with Crippen molar-refractivity contribution in [2.24, 2.45) is 0 Å². The van der Waals surface area contributed by atoms with Crippen LogP contribution >= 0.6 is 0 Å². The Morgan fingerprint density at radius 2 is 1.76 bits per heavy atom. The number of nitrogens with zero attached hydrogens (tertiary/aromatic N) is 2. The lowest BCUT2D eigenvalue weighted by molar-refractivity contribution is 0.104. The normalized spacial score (nSPS) is 24.4. The molecule has 1 aliphatic carbocycles. The number of rotatable bonds is 3. The first kappa shape index (κ1) is 14.8. The SMILES string of the molecule is CONc1ccc2c(c1)CCC(N1CCN(C)CC1)CC2. The molecular weight excluding hydrogens is 262 g/mol. The molecule has 1 atom stereocenters. The molecule has 4 heteroatoms. The predicted molar refractivity (Wildman–Crippen MR) is 86.6 cm³/mol. The third-order valence-corrected chi connectivity index (χ3v) is 4.97. The molecule has 0 aromatic heterocycles. The highest BCUT2D eigenvalue weighted by Gasteiger charge is 2.24. The van der Waals surface area contributed by atoms with Crippen molar-refractivity contribution in [3.8, 4) is 0 Å². The van der Waals surface area contributed by atoms with Crippen LogP contribution in [0, 0.1) is 0 Å². The van der Waals surface area contributed by atoms with Crippen LogP contribution in [0.4, 0.5) is 5.69 Å². The Balaban J connectivity index is 1.64. The smallest absolute Gasteiger partial charge is 0.0636 e. The van der Waals surface area contributed by atoms with Crippen LogP contribution < -0.4 is 5.48 Å². The van der Waals surface area contributed by atoms with Crippen LogP contribution in [-0.2, 0) is 17.7 Å². The molecule has 1 fully saturated rings. The molecule has 1 N–H and O–H groups in total. The minimum absolute atomic E-state index is 0.755. The topological polar surface area (TPSA) is 27.7 Å². The van der Waals surface area contributed by atoms with Crippen LogP contribution in [-0.4, -0.2) is 56.2 Å². The number of piperazine rings is 1. The second-order valence-corrected chi connectivity index (χ2v) is 6.36. The summed E-state index contributed by atoms with van der Waals surface area (Å²) >= 11 is 0. The lowest BCUT2D eigenvalue weighted by Crippen LogP contribution is -2.49. The molecule has 0 saturated carbocycles. The number of benzene rings is 1. The van der Waals surface area contributed by atoms with Gasteiger partial charge in [0.25, 0.3) is 0 Å². The first-order valence-corrected chi connectivity index (χ1v) is 8.09. The average molecular weight is 289 g/mol. The number of aryl methyl sites for hydroxylation is 2. The van der Waals surface area contributed by atoms with Gasteiger partial charge in [-0.2, -0.15) is 0 Å². The largest absolute Gasteiger partial charge is 0.304 e. The molecule has 3 rings (SSSR count). The molecule has 0 bridgehead atoms. The number of fused-ring (bicyclic) bond motifs is 1. The maximum atomic E-state index is 5.01. The monoisotopic (exact) mass is 289 g/mol. The number of hydrogen-bond acceptors (Lipinski definition) is 4. The standard InChI is InChI=1S/C17H27N3O/c1-19-9-11-20(12-10-19)17-7-4-14-3-6-16(18-21-2)13-15(14)5-8-17/h3,6,13,17-18H,4-5,7-12H2,1-2H3. The molecule has 1 heterocycles. The highest BCUT2D eigenvalue weighted by atomic mass is 16.6. The zero-order valence-corrected chi connectivity index (χ0v) is 13.3. The summed E-state index contributed by atoms with van der Waals surface area (Å²) in [6.45, 7) is 4.89. The lowest BCUT2D eigenvalue weighted by atomic mass is 10.0. The lowest BCUT2D eigenvalue weighted by Gasteiger charge is -2.37. The van der Waals surface area contributed by atoms with E-state index in [4.69, 9.17) is 4.84 Å². The first-order chi connectivity index (χ1) is 10.3. The van der Waals surface area contributed by atoms with Gasteiger partial charge in [0, 0.05) is 32.2 Å². The quantitative estimate of drug-likeness (QED) is 0.682. The summed E-state index contributed by atoms with van der Waals surface area (Å²) in [6, 6.07) is 7.40. The summed E-state index contributed by atoms with van der Waals surface area (Å²) < 4.78 is 0. The van der Waals surface area contributed by atoms with E-state index in [9.17, 15) is 0 Å². The molecule has 21 heavy (non-hydrogen) atoms. The molecule has 1 saturated heterocycles. The van der Waals surface area contributed by atoms with E-state index in [0.29, 0.717) is 0 Å². The third-order valence-electron chi connectivity index (χ3n) is 4.97. The van der Waals surface area contributed by atoms with Crippen LogP contribution in [0.1, 0.15) is 24.0 Å².